The summed E-state index contributed by atoms with van der Waals surface area (Å²) in [6.45, 7) is 7.41. The summed E-state index contributed by atoms with van der Waals surface area (Å²) in [6, 6.07) is 24.8. The lowest BCUT2D eigenvalue weighted by Crippen LogP contribution is -2.43. The van der Waals surface area contributed by atoms with Gasteiger partial charge in [-0.25, -0.2) is 0 Å². The molecule has 2 aliphatic heterocycles. The van der Waals surface area contributed by atoms with E-state index in [1.165, 1.54) is 12.1 Å². The van der Waals surface area contributed by atoms with Gasteiger partial charge in [0.25, 0.3) is 22.9 Å². The van der Waals surface area contributed by atoms with E-state index in [0.717, 1.165) is 103 Å². The number of nitrogens with one attached hydrogen (secondary N) is 3. The Labute approximate surface area is 347 Å². The van der Waals surface area contributed by atoms with Gasteiger partial charge in [-0.3, -0.25) is 19.2 Å². The molecule has 59 heavy (non-hydrogen) atoms. The molecule has 2 amide bonds. The Hall–Kier alpha value is -5.45. The largest absolute Gasteiger partial charge is 0.355 e. The van der Waals surface area contributed by atoms with Crippen LogP contribution < -0.4 is 32.8 Å². The lowest BCUT2D eigenvalue weighted by molar-refractivity contribution is 0.0956. The van der Waals surface area contributed by atoms with Crippen molar-refractivity contribution >= 4 is 45.0 Å². The van der Waals surface area contributed by atoms with Crippen molar-refractivity contribution in [2.75, 3.05) is 53.4 Å². The number of aromatic nitrogens is 3. The molecule has 8 rings (SSSR count). The molecule has 4 aromatic heterocycles. The molecule has 0 bridgehead atoms. The summed E-state index contributed by atoms with van der Waals surface area (Å²) in [4.78, 5) is 55.5. The molecule has 6 heterocycles. The first-order chi connectivity index (χ1) is 28.7. The molecule has 14 nitrogen and oxygen atoms in total. The third-order valence-electron chi connectivity index (χ3n) is 11.4. The molecule has 2 fully saturated rings. The van der Waals surface area contributed by atoms with E-state index in [1.54, 1.807) is 34.6 Å². The van der Waals surface area contributed by atoms with Crippen LogP contribution in [-0.2, 0) is 19.6 Å². The zero-order valence-corrected chi connectivity index (χ0v) is 34.5. The lowest BCUT2D eigenvalue weighted by Gasteiger charge is -2.32. The number of carbonyl (C=O) groups excluding carboxylic acids is 2. The van der Waals surface area contributed by atoms with E-state index in [4.69, 9.17) is 10.3 Å². The van der Waals surface area contributed by atoms with Crippen LogP contribution in [0.15, 0.2) is 98.4 Å². The van der Waals surface area contributed by atoms with Gasteiger partial charge in [0.2, 0.25) is 0 Å². The molecule has 0 radical (unpaired) electrons. The summed E-state index contributed by atoms with van der Waals surface area (Å²) in [5.41, 5.74) is 9.03. The Morgan fingerprint density at radius 3 is 1.76 bits per heavy atom. The van der Waals surface area contributed by atoms with E-state index in [1.807, 2.05) is 72.1 Å². The van der Waals surface area contributed by atoms with Crippen LogP contribution in [0.1, 0.15) is 52.1 Å². The standard InChI is InChI=1S/C26H29N5O3S.C18H24N4O2/c1-27-26(33)21-16-25(32)31(22-6-3-2-5-20(21)22)13-12-30-10-8-18(9-11-30)28-17-19-15-23(34-29-19)24-7-4-14-35-24;1-20-18(24)15-12-17(23)22(16-5-3-2-4-14(15)16)11-10-21-8-6-13(19)7-9-21/h2-7,14-16,18,28H,8-13,17H2,1H3,(H,27,33);2-5,12-13H,6-11,19H2,1H3,(H,20,24). The van der Waals surface area contributed by atoms with E-state index in [0.29, 0.717) is 42.8 Å². The monoisotopic (exact) mass is 819 g/mol. The molecule has 0 atom stereocenters. The first-order valence-corrected chi connectivity index (χ1v) is 21.2. The summed E-state index contributed by atoms with van der Waals surface area (Å²) >= 11 is 1.64. The number of carbonyl (C=O) groups is 2. The van der Waals surface area contributed by atoms with Crippen molar-refractivity contribution in [1.82, 2.24) is 40.0 Å². The molecule has 2 aromatic carbocycles. The van der Waals surface area contributed by atoms with Gasteiger partial charge in [0.15, 0.2) is 5.76 Å². The lowest BCUT2D eigenvalue weighted by atomic mass is 10.0. The average molecular weight is 820 g/mol. The molecule has 2 aliphatic rings. The minimum atomic E-state index is -0.242. The Bertz CT molecular complexity index is 2480. The van der Waals surface area contributed by atoms with Crippen molar-refractivity contribution in [3.05, 3.63) is 122 Å². The van der Waals surface area contributed by atoms with Gasteiger partial charge in [-0.15, -0.1) is 11.3 Å². The van der Waals surface area contributed by atoms with Crippen molar-refractivity contribution < 1.29 is 14.1 Å². The Kier molecular flexibility index (Phi) is 13.8. The van der Waals surface area contributed by atoms with Gasteiger partial charge in [-0.2, -0.15) is 0 Å². The van der Waals surface area contributed by atoms with Crippen molar-refractivity contribution in [2.24, 2.45) is 5.73 Å². The SMILES string of the molecule is CNC(=O)c1cc(=O)n(CCN2CCC(N)CC2)c2ccccc12.CNC(=O)c1cc(=O)n(CCN2CCC(NCc3cc(-c4cccs4)on3)CC2)c2ccccc12. The van der Waals surface area contributed by atoms with Crippen LogP contribution in [0.25, 0.3) is 32.4 Å². The Morgan fingerprint density at radius 1 is 0.729 bits per heavy atom. The number of nitrogens with two attached hydrogens (primary N) is 1. The quantitative estimate of drug-likeness (QED) is 0.141. The number of hydrogen-bond acceptors (Lipinski definition) is 11. The molecule has 0 unspecified atom stereocenters. The maximum atomic E-state index is 12.8. The predicted octanol–water partition coefficient (Wildman–Crippen LogP) is 4.12. The molecular formula is C44H53N9O5S. The highest BCUT2D eigenvalue weighted by atomic mass is 32.1. The van der Waals surface area contributed by atoms with Crippen molar-refractivity contribution in [3.8, 4) is 10.6 Å². The highest BCUT2D eigenvalue weighted by Gasteiger charge is 2.21. The van der Waals surface area contributed by atoms with Crippen molar-refractivity contribution in [1.29, 1.82) is 0 Å². The van der Waals surface area contributed by atoms with Crippen molar-refractivity contribution in [2.45, 2.75) is 57.4 Å². The second-order valence-corrected chi connectivity index (χ2v) is 16.1. The number of likely N-dealkylation sites (tertiary alicyclic amines) is 2. The van der Waals surface area contributed by atoms with E-state index in [9.17, 15) is 19.2 Å². The van der Waals surface area contributed by atoms with Crippen LogP contribution in [0, 0.1) is 0 Å². The minimum Gasteiger partial charge on any atom is -0.355 e. The molecule has 0 spiro atoms. The van der Waals surface area contributed by atoms with Crippen LogP contribution in [0.4, 0.5) is 0 Å². The number of hydrogen-bond donors (Lipinski definition) is 4. The molecule has 5 N–H and O–H groups in total. The number of benzene rings is 2. The molecule has 0 aliphatic carbocycles. The van der Waals surface area contributed by atoms with E-state index >= 15 is 0 Å². The number of nitrogens with zero attached hydrogens (tertiary/aromatic N) is 5. The highest BCUT2D eigenvalue weighted by Crippen LogP contribution is 2.25. The van der Waals surface area contributed by atoms with Gasteiger partial charge in [0.1, 0.15) is 0 Å². The second kappa shape index (κ2) is 19.5. The number of piperidine rings is 2. The maximum absolute atomic E-state index is 12.8. The molecule has 6 aromatic rings. The molecule has 15 heteroatoms. The van der Waals surface area contributed by atoms with E-state index in [2.05, 4.69) is 30.9 Å². The predicted molar refractivity (Wildman–Crippen MR) is 233 cm³/mol. The van der Waals surface area contributed by atoms with E-state index < -0.39 is 0 Å². The molecular weight excluding hydrogens is 767 g/mol. The van der Waals surface area contributed by atoms with Gasteiger partial charge in [0, 0.05) is 87.9 Å². The summed E-state index contributed by atoms with van der Waals surface area (Å²) in [5, 5.41) is 16.7. The van der Waals surface area contributed by atoms with Gasteiger partial charge in [-0.1, -0.05) is 47.6 Å². The fraction of sp³-hybridized carbons (Fsp3) is 0.386. The topological polar surface area (TPSA) is 173 Å². The fourth-order valence-electron chi connectivity index (χ4n) is 7.97. The van der Waals surface area contributed by atoms with Crippen LogP contribution in [0.3, 0.4) is 0 Å². The smallest absolute Gasteiger partial charge is 0.251 e. The van der Waals surface area contributed by atoms with Gasteiger partial charge >= 0.3 is 0 Å². The molecule has 2 saturated heterocycles. The summed E-state index contributed by atoms with van der Waals surface area (Å²) in [5.74, 6) is 0.339. The van der Waals surface area contributed by atoms with Crippen LogP contribution in [0.5, 0.6) is 0 Å². The third-order valence-corrected chi connectivity index (χ3v) is 12.3. The Balaban J connectivity index is 0.000000192. The summed E-state index contributed by atoms with van der Waals surface area (Å²) in [7, 11) is 3.15. The van der Waals surface area contributed by atoms with Crippen LogP contribution >= 0.6 is 11.3 Å². The third kappa shape index (κ3) is 10.1. The number of para-hydroxylation sites is 2. The number of fused-ring (bicyclic) bond motifs is 2. The normalized spacial score (nSPS) is 15.6. The minimum absolute atomic E-state index is 0.138. The van der Waals surface area contributed by atoms with E-state index in [-0.39, 0.29) is 22.9 Å². The van der Waals surface area contributed by atoms with Gasteiger partial charge in [-0.05, 0) is 75.4 Å². The summed E-state index contributed by atoms with van der Waals surface area (Å²) < 4.78 is 9.01. The first-order valence-electron chi connectivity index (χ1n) is 20.3. The second-order valence-electron chi connectivity index (χ2n) is 15.1. The van der Waals surface area contributed by atoms with Crippen LogP contribution in [0.2, 0.25) is 0 Å². The highest BCUT2D eigenvalue weighted by molar-refractivity contribution is 7.13. The van der Waals surface area contributed by atoms with Gasteiger partial charge < -0.3 is 45.1 Å². The molecule has 310 valence electrons. The van der Waals surface area contributed by atoms with Gasteiger partial charge in [0.05, 0.1) is 32.7 Å². The fourth-order valence-corrected chi connectivity index (χ4v) is 8.65. The number of thiophene rings is 1. The average Bonchev–Trinajstić information content (AvgIpc) is 3.99. The van der Waals surface area contributed by atoms with Crippen molar-refractivity contribution in [3.63, 3.8) is 0 Å². The Morgan fingerprint density at radius 2 is 1.25 bits per heavy atom. The zero-order valence-electron chi connectivity index (χ0n) is 33.7. The van der Waals surface area contributed by atoms with Crippen LogP contribution in [-0.4, -0.2) is 101 Å². The number of rotatable bonds is 12. The molecule has 0 saturated carbocycles. The number of amides is 2. The number of pyridine rings is 2. The maximum Gasteiger partial charge on any atom is 0.251 e. The summed E-state index contributed by atoms with van der Waals surface area (Å²) in [6.07, 6.45) is 4.10. The zero-order chi connectivity index (χ0) is 41.3. The first kappa shape index (κ1) is 41.7.